The predicted molar refractivity (Wildman–Crippen MR) is 136 cm³/mol. The van der Waals surface area contributed by atoms with Gasteiger partial charge >= 0.3 is 0 Å². The number of hydrogen-bond acceptors (Lipinski definition) is 4. The van der Waals surface area contributed by atoms with Gasteiger partial charge in [0, 0.05) is 61.4 Å². The Morgan fingerprint density at radius 3 is 2.46 bits per heavy atom. The number of carbonyl (C=O) groups excluding carboxylic acids is 3. The van der Waals surface area contributed by atoms with E-state index in [1.54, 1.807) is 40.1 Å². The van der Waals surface area contributed by atoms with Gasteiger partial charge in [-0.05, 0) is 36.6 Å². The third-order valence-corrected chi connectivity index (χ3v) is 8.28. The van der Waals surface area contributed by atoms with Crippen molar-refractivity contribution in [3.63, 3.8) is 0 Å². The zero-order chi connectivity index (χ0) is 25.3. The molecule has 1 saturated heterocycles. The molecule has 0 saturated carbocycles. The van der Waals surface area contributed by atoms with Crippen LogP contribution in [0.1, 0.15) is 56.9 Å². The van der Waals surface area contributed by atoms with Crippen molar-refractivity contribution in [3.8, 4) is 0 Å². The molecule has 1 aromatic heterocycles. The maximum atomic E-state index is 13.6. The second-order valence-corrected chi connectivity index (χ2v) is 10.4. The molecule has 0 unspecified atom stereocenters. The minimum absolute atomic E-state index is 0.00255. The monoisotopic (exact) mass is 494 g/mol. The molecule has 0 aliphatic carbocycles. The molecule has 37 heavy (non-hydrogen) atoms. The van der Waals surface area contributed by atoms with Gasteiger partial charge < -0.3 is 14.4 Å². The lowest BCUT2D eigenvalue weighted by Gasteiger charge is -2.43. The molecule has 0 N–H and O–H groups in total. The molecule has 186 valence electrons. The highest BCUT2D eigenvalue weighted by Gasteiger charge is 2.47. The largest absolute Gasteiger partial charge is 0.342 e. The number of rotatable bonds is 3. The van der Waals surface area contributed by atoms with E-state index >= 15 is 0 Å². The number of piperidine rings is 1. The zero-order valence-corrected chi connectivity index (χ0v) is 20.2. The fourth-order valence-corrected chi connectivity index (χ4v) is 6.67. The van der Waals surface area contributed by atoms with E-state index in [9.17, 15) is 19.2 Å². The van der Waals surface area contributed by atoms with Crippen LogP contribution in [0.5, 0.6) is 0 Å². The highest BCUT2D eigenvalue weighted by molar-refractivity contribution is 6.16. The van der Waals surface area contributed by atoms with Crippen molar-refractivity contribution < 1.29 is 14.4 Å². The third kappa shape index (κ3) is 3.28. The Labute approximate surface area is 213 Å². The zero-order valence-electron chi connectivity index (χ0n) is 20.2. The lowest BCUT2D eigenvalue weighted by molar-refractivity contribution is -0.134. The molecule has 3 atom stereocenters. The molecule has 0 spiro atoms. The van der Waals surface area contributed by atoms with Crippen molar-refractivity contribution in [1.82, 2.24) is 14.4 Å². The predicted octanol–water partition coefficient (Wildman–Crippen LogP) is 3.00. The molecule has 4 aliphatic heterocycles. The first-order valence-corrected chi connectivity index (χ1v) is 12.8. The van der Waals surface area contributed by atoms with Gasteiger partial charge in [-0.3, -0.25) is 24.1 Å². The van der Waals surface area contributed by atoms with Crippen LogP contribution < -0.4 is 10.5 Å². The molecule has 7 rings (SSSR count). The molecule has 1 fully saturated rings. The molecule has 0 radical (unpaired) electrons. The fraction of sp³-hybridized carbons (Fsp3) is 0.310. The van der Waals surface area contributed by atoms with Gasteiger partial charge in [-0.1, -0.05) is 36.4 Å². The van der Waals surface area contributed by atoms with E-state index in [0.717, 1.165) is 17.7 Å². The normalized spacial score (nSPS) is 23.4. The molecular formula is C29H26N4O4. The van der Waals surface area contributed by atoms with Gasteiger partial charge in [-0.15, -0.1) is 0 Å². The number of amides is 3. The average molecular weight is 495 g/mol. The first kappa shape index (κ1) is 22.0. The van der Waals surface area contributed by atoms with Crippen LogP contribution in [-0.2, 0) is 11.3 Å². The Kier molecular flexibility index (Phi) is 4.86. The highest BCUT2D eigenvalue weighted by Crippen LogP contribution is 2.45. The Morgan fingerprint density at radius 2 is 1.59 bits per heavy atom. The lowest BCUT2D eigenvalue weighted by Crippen LogP contribution is -2.51. The van der Waals surface area contributed by atoms with Crippen molar-refractivity contribution in [3.05, 3.63) is 99.5 Å². The Morgan fingerprint density at radius 1 is 0.811 bits per heavy atom. The quantitative estimate of drug-likeness (QED) is 0.561. The second kappa shape index (κ2) is 8.16. The summed E-state index contributed by atoms with van der Waals surface area (Å²) in [5, 5.41) is 0. The van der Waals surface area contributed by atoms with Gasteiger partial charge in [-0.25, -0.2) is 0 Å². The molecule has 8 heteroatoms. The smallest absolute Gasteiger partial charge is 0.260 e. The topological polar surface area (TPSA) is 82.9 Å². The standard InChI is InChI=1S/C29H26N4O4/c34-25(30-15-18-14-19(17-30)23-10-5-11-26(35)32(23)16-18)12-13-31-27-20-6-1-2-7-21(20)29(37)33(27)24-9-4-3-8-22(24)28(31)36/h1-11,18-19,27H,12-17H2/t18-,19+,27-/m1/s1. The number of nitrogens with zero attached hydrogens (tertiary/aromatic N) is 4. The van der Waals surface area contributed by atoms with Crippen LogP contribution in [0.25, 0.3) is 0 Å². The molecule has 3 aromatic rings. The Hall–Kier alpha value is -4.20. The maximum absolute atomic E-state index is 13.6. The minimum atomic E-state index is -0.557. The van der Waals surface area contributed by atoms with Gasteiger partial charge in [-0.2, -0.15) is 0 Å². The summed E-state index contributed by atoms with van der Waals surface area (Å²) in [5.41, 5.74) is 3.48. The van der Waals surface area contributed by atoms with E-state index in [4.69, 9.17) is 0 Å². The Balaban J connectivity index is 1.15. The first-order chi connectivity index (χ1) is 18.0. The second-order valence-electron chi connectivity index (χ2n) is 10.4. The van der Waals surface area contributed by atoms with Crippen molar-refractivity contribution >= 4 is 23.4 Å². The van der Waals surface area contributed by atoms with Crippen LogP contribution in [0.3, 0.4) is 0 Å². The van der Waals surface area contributed by atoms with Crippen LogP contribution >= 0.6 is 0 Å². The SMILES string of the molecule is O=C(CCN1C(=O)c2ccccc2N2C(=O)c3ccccc3[C@H]12)N1C[C@H]2C[C@@H](C1)c1cccc(=O)n1C2. The van der Waals surface area contributed by atoms with E-state index in [1.165, 1.54) is 0 Å². The molecule has 2 aromatic carbocycles. The van der Waals surface area contributed by atoms with Gasteiger partial charge in [0.1, 0.15) is 6.17 Å². The molecule has 5 heterocycles. The summed E-state index contributed by atoms with van der Waals surface area (Å²) in [6, 6.07) is 19.9. The summed E-state index contributed by atoms with van der Waals surface area (Å²) in [5.74, 6) is 0.0853. The van der Waals surface area contributed by atoms with Crippen molar-refractivity contribution in [2.75, 3.05) is 24.5 Å². The number of aromatic nitrogens is 1. The summed E-state index contributed by atoms with van der Waals surface area (Å²) >= 11 is 0. The van der Waals surface area contributed by atoms with E-state index < -0.39 is 6.17 Å². The fourth-order valence-electron chi connectivity index (χ4n) is 6.67. The van der Waals surface area contributed by atoms with Gasteiger partial charge in [0.2, 0.25) is 5.91 Å². The molecule has 3 amide bonds. The number of likely N-dealkylation sites (tertiary alicyclic amines) is 1. The molecule has 8 nitrogen and oxygen atoms in total. The van der Waals surface area contributed by atoms with E-state index in [1.807, 2.05) is 45.9 Å². The summed E-state index contributed by atoms with van der Waals surface area (Å²) in [4.78, 5) is 58.0. The Bertz CT molecular complexity index is 1530. The van der Waals surface area contributed by atoms with Gasteiger partial charge in [0.05, 0.1) is 11.3 Å². The van der Waals surface area contributed by atoms with E-state index in [0.29, 0.717) is 36.4 Å². The van der Waals surface area contributed by atoms with Gasteiger partial charge in [0.25, 0.3) is 17.4 Å². The van der Waals surface area contributed by atoms with Crippen LogP contribution in [0.15, 0.2) is 71.5 Å². The van der Waals surface area contributed by atoms with Crippen molar-refractivity contribution in [1.29, 1.82) is 0 Å². The van der Waals surface area contributed by atoms with Crippen LogP contribution in [0, 0.1) is 5.92 Å². The number of carbonyl (C=O) groups is 3. The summed E-state index contributed by atoms with van der Waals surface area (Å²) in [7, 11) is 0. The lowest BCUT2D eigenvalue weighted by atomic mass is 9.83. The van der Waals surface area contributed by atoms with Crippen LogP contribution in [0.2, 0.25) is 0 Å². The summed E-state index contributed by atoms with van der Waals surface area (Å²) in [6.45, 7) is 2.04. The summed E-state index contributed by atoms with van der Waals surface area (Å²) < 4.78 is 1.85. The number of fused-ring (bicyclic) bond motifs is 9. The highest BCUT2D eigenvalue weighted by atomic mass is 16.2. The van der Waals surface area contributed by atoms with Crippen LogP contribution in [-0.4, -0.2) is 51.7 Å². The molecule has 2 bridgehead atoms. The van der Waals surface area contributed by atoms with E-state index in [2.05, 4.69) is 0 Å². The minimum Gasteiger partial charge on any atom is -0.342 e. The number of pyridine rings is 1. The van der Waals surface area contributed by atoms with Crippen molar-refractivity contribution in [2.24, 2.45) is 5.92 Å². The molecular weight excluding hydrogens is 468 g/mol. The number of hydrogen-bond donors (Lipinski definition) is 0. The first-order valence-electron chi connectivity index (χ1n) is 12.8. The number of anilines is 1. The molecule has 4 aliphatic rings. The third-order valence-electron chi connectivity index (χ3n) is 8.28. The maximum Gasteiger partial charge on any atom is 0.260 e. The van der Waals surface area contributed by atoms with E-state index in [-0.39, 0.29) is 48.1 Å². The average Bonchev–Trinajstić information content (AvgIpc) is 3.21. The van der Waals surface area contributed by atoms with Crippen LogP contribution in [0.4, 0.5) is 5.69 Å². The number of benzene rings is 2. The summed E-state index contributed by atoms with van der Waals surface area (Å²) in [6.07, 6.45) is 0.596. The number of para-hydroxylation sites is 1. The van der Waals surface area contributed by atoms with Gasteiger partial charge in [0.15, 0.2) is 0 Å². The van der Waals surface area contributed by atoms with Crippen molar-refractivity contribution in [2.45, 2.75) is 31.5 Å².